The van der Waals surface area contributed by atoms with Crippen LogP contribution in [0.3, 0.4) is 0 Å². The standard InChI is InChI=1S/C17H21BrN4O6S/c1-17(2,3)28-15(24)19-9-8-14-21-22-16(27-14)29(25,26)10-13(23)20-12-6-4-11(18)5-7-12/h4-7H,8-10H2,1-3H3,(H,19,24)(H,20,23). The Morgan fingerprint density at radius 2 is 1.83 bits per heavy atom. The van der Waals surface area contributed by atoms with E-state index in [1.807, 2.05) is 0 Å². The lowest BCUT2D eigenvalue weighted by molar-refractivity contribution is -0.113. The number of rotatable bonds is 7. The molecule has 1 aromatic heterocycles. The quantitative estimate of drug-likeness (QED) is 0.604. The van der Waals surface area contributed by atoms with Crippen molar-refractivity contribution in [2.45, 2.75) is 38.0 Å². The van der Waals surface area contributed by atoms with Crippen LogP contribution in [-0.4, -0.2) is 48.5 Å². The minimum atomic E-state index is -4.11. The van der Waals surface area contributed by atoms with E-state index in [1.165, 1.54) is 0 Å². The molecule has 0 saturated heterocycles. The lowest BCUT2D eigenvalue weighted by Gasteiger charge is -2.19. The molecule has 158 valence electrons. The van der Waals surface area contributed by atoms with Gasteiger partial charge in [0.05, 0.1) is 0 Å². The van der Waals surface area contributed by atoms with Gasteiger partial charge in [-0.1, -0.05) is 21.0 Å². The Balaban J connectivity index is 1.88. The van der Waals surface area contributed by atoms with Crippen molar-refractivity contribution in [3.8, 4) is 0 Å². The predicted molar refractivity (Wildman–Crippen MR) is 107 cm³/mol. The summed E-state index contributed by atoms with van der Waals surface area (Å²) in [5.74, 6) is -1.58. The topological polar surface area (TPSA) is 140 Å². The highest BCUT2D eigenvalue weighted by Gasteiger charge is 2.26. The molecule has 0 aliphatic heterocycles. The van der Waals surface area contributed by atoms with Crippen LogP contribution in [0.2, 0.25) is 0 Å². The first kappa shape index (κ1) is 22.8. The smallest absolute Gasteiger partial charge is 0.407 e. The molecule has 0 aliphatic rings. The summed E-state index contributed by atoms with van der Waals surface area (Å²) in [7, 11) is -4.11. The van der Waals surface area contributed by atoms with E-state index in [9.17, 15) is 18.0 Å². The van der Waals surface area contributed by atoms with Gasteiger partial charge in [-0.3, -0.25) is 4.79 Å². The highest BCUT2D eigenvalue weighted by Crippen LogP contribution is 2.15. The fraction of sp³-hybridized carbons (Fsp3) is 0.412. The Kier molecular flexibility index (Phi) is 7.36. The molecule has 10 nitrogen and oxygen atoms in total. The molecule has 0 aliphatic carbocycles. The number of benzene rings is 1. The molecule has 2 rings (SSSR count). The van der Waals surface area contributed by atoms with E-state index in [0.29, 0.717) is 5.69 Å². The number of nitrogens with zero attached hydrogens (tertiary/aromatic N) is 2. The van der Waals surface area contributed by atoms with Crippen molar-refractivity contribution in [2.24, 2.45) is 0 Å². The van der Waals surface area contributed by atoms with E-state index in [-0.39, 0.29) is 18.9 Å². The molecule has 0 atom stereocenters. The number of hydrogen-bond donors (Lipinski definition) is 2. The van der Waals surface area contributed by atoms with Gasteiger partial charge in [-0.25, -0.2) is 13.2 Å². The number of amides is 2. The Labute approximate surface area is 176 Å². The number of nitrogens with one attached hydrogen (secondary N) is 2. The number of anilines is 1. The summed E-state index contributed by atoms with van der Waals surface area (Å²) in [4.78, 5) is 23.6. The third kappa shape index (κ3) is 7.81. The Hall–Kier alpha value is -2.47. The predicted octanol–water partition coefficient (Wildman–Crippen LogP) is 2.31. The average molecular weight is 489 g/mol. The van der Waals surface area contributed by atoms with Crippen LogP contribution in [0.25, 0.3) is 0 Å². The van der Waals surface area contributed by atoms with Crippen molar-refractivity contribution < 1.29 is 27.2 Å². The van der Waals surface area contributed by atoms with E-state index < -0.39 is 38.4 Å². The SMILES string of the molecule is CC(C)(C)OC(=O)NCCc1nnc(S(=O)(=O)CC(=O)Nc2ccc(Br)cc2)o1. The average Bonchev–Trinajstić information content (AvgIpc) is 3.04. The van der Waals surface area contributed by atoms with Crippen molar-refractivity contribution in [3.05, 3.63) is 34.6 Å². The van der Waals surface area contributed by atoms with Crippen molar-refractivity contribution in [1.82, 2.24) is 15.5 Å². The number of aromatic nitrogens is 2. The van der Waals surface area contributed by atoms with Crippen LogP contribution < -0.4 is 10.6 Å². The minimum Gasteiger partial charge on any atom is -0.444 e. The van der Waals surface area contributed by atoms with Crippen LogP contribution in [0.15, 0.2) is 38.4 Å². The molecule has 2 N–H and O–H groups in total. The fourth-order valence-electron chi connectivity index (χ4n) is 2.02. The number of carbonyl (C=O) groups excluding carboxylic acids is 2. The monoisotopic (exact) mass is 488 g/mol. The van der Waals surface area contributed by atoms with Crippen molar-refractivity contribution >= 4 is 43.5 Å². The highest BCUT2D eigenvalue weighted by atomic mass is 79.9. The number of hydrogen-bond acceptors (Lipinski definition) is 8. The maximum Gasteiger partial charge on any atom is 0.407 e. The van der Waals surface area contributed by atoms with Gasteiger partial charge in [-0.2, -0.15) is 0 Å². The van der Waals surface area contributed by atoms with E-state index >= 15 is 0 Å². The number of sulfone groups is 1. The molecule has 0 spiro atoms. The molecule has 12 heteroatoms. The molecule has 0 bridgehead atoms. The van der Waals surface area contributed by atoms with Crippen LogP contribution in [0, 0.1) is 0 Å². The Bertz CT molecular complexity index is 967. The van der Waals surface area contributed by atoms with E-state index in [1.54, 1.807) is 45.0 Å². The molecule has 1 heterocycles. The van der Waals surface area contributed by atoms with Crippen LogP contribution in [0.5, 0.6) is 0 Å². The minimum absolute atomic E-state index is 0.00736. The van der Waals surface area contributed by atoms with Gasteiger partial charge in [0.2, 0.25) is 21.6 Å². The van der Waals surface area contributed by atoms with Gasteiger partial charge in [0.15, 0.2) is 0 Å². The van der Waals surface area contributed by atoms with Gasteiger partial charge in [-0.15, -0.1) is 5.10 Å². The zero-order valence-electron chi connectivity index (χ0n) is 16.1. The summed E-state index contributed by atoms with van der Waals surface area (Å²) in [6, 6.07) is 6.66. The van der Waals surface area contributed by atoms with E-state index in [4.69, 9.17) is 9.15 Å². The second kappa shape index (κ2) is 9.35. The lowest BCUT2D eigenvalue weighted by Crippen LogP contribution is -2.33. The molecule has 0 unspecified atom stereocenters. The third-order valence-electron chi connectivity index (χ3n) is 3.17. The first-order valence-corrected chi connectivity index (χ1v) is 11.0. The van der Waals surface area contributed by atoms with Gasteiger partial charge < -0.3 is 19.8 Å². The zero-order chi connectivity index (χ0) is 21.7. The molecule has 1 aromatic carbocycles. The summed E-state index contributed by atoms with van der Waals surface area (Å²) in [6.07, 6.45) is -0.512. The Morgan fingerprint density at radius 1 is 1.17 bits per heavy atom. The molecular formula is C17H21BrN4O6S. The van der Waals surface area contributed by atoms with Crippen LogP contribution in [0.1, 0.15) is 26.7 Å². The summed E-state index contributed by atoms with van der Waals surface area (Å²) in [6.45, 7) is 5.30. The van der Waals surface area contributed by atoms with Crippen LogP contribution >= 0.6 is 15.9 Å². The van der Waals surface area contributed by atoms with Gasteiger partial charge in [0.1, 0.15) is 11.4 Å². The number of halogens is 1. The molecule has 2 aromatic rings. The highest BCUT2D eigenvalue weighted by molar-refractivity contribution is 9.10. The zero-order valence-corrected chi connectivity index (χ0v) is 18.5. The second-order valence-corrected chi connectivity index (χ2v) is 9.74. The van der Waals surface area contributed by atoms with Gasteiger partial charge in [0.25, 0.3) is 0 Å². The number of ether oxygens (including phenoxy) is 1. The lowest BCUT2D eigenvalue weighted by atomic mass is 10.2. The maximum absolute atomic E-state index is 12.3. The normalized spacial score (nSPS) is 11.7. The van der Waals surface area contributed by atoms with Crippen molar-refractivity contribution in [3.63, 3.8) is 0 Å². The largest absolute Gasteiger partial charge is 0.444 e. The summed E-state index contributed by atoms with van der Waals surface area (Å²) in [5.41, 5.74) is -0.181. The molecule has 29 heavy (non-hydrogen) atoms. The summed E-state index contributed by atoms with van der Waals surface area (Å²) in [5, 5.41) is 11.4. The first-order valence-electron chi connectivity index (χ1n) is 8.52. The third-order valence-corrected chi connectivity index (χ3v) is 5.04. The number of alkyl carbamates (subject to hydrolysis) is 1. The fourth-order valence-corrected chi connectivity index (χ4v) is 3.21. The molecule has 0 radical (unpaired) electrons. The van der Waals surface area contributed by atoms with Gasteiger partial charge in [-0.05, 0) is 45.0 Å². The molecule has 2 amide bonds. The van der Waals surface area contributed by atoms with Crippen molar-refractivity contribution in [1.29, 1.82) is 0 Å². The van der Waals surface area contributed by atoms with Crippen LogP contribution in [0.4, 0.5) is 10.5 Å². The molecule has 0 saturated carbocycles. The maximum atomic E-state index is 12.3. The summed E-state index contributed by atoms with van der Waals surface area (Å²) < 4.78 is 35.6. The Morgan fingerprint density at radius 3 is 2.45 bits per heavy atom. The second-order valence-electron chi connectivity index (χ2n) is 6.95. The molecular weight excluding hydrogens is 468 g/mol. The van der Waals surface area contributed by atoms with Gasteiger partial charge in [0, 0.05) is 23.1 Å². The van der Waals surface area contributed by atoms with Crippen LogP contribution in [-0.2, 0) is 25.8 Å². The first-order chi connectivity index (χ1) is 13.4. The van der Waals surface area contributed by atoms with E-state index in [2.05, 4.69) is 36.8 Å². The number of carbonyl (C=O) groups is 2. The summed E-state index contributed by atoms with van der Waals surface area (Å²) >= 11 is 3.27. The molecule has 0 fully saturated rings. The van der Waals surface area contributed by atoms with E-state index in [0.717, 1.165) is 4.47 Å². The van der Waals surface area contributed by atoms with Gasteiger partial charge >= 0.3 is 11.3 Å². The van der Waals surface area contributed by atoms with Crippen molar-refractivity contribution in [2.75, 3.05) is 17.6 Å².